The number of anilines is 1. The average molecular weight is 542 g/mol. The van der Waals surface area contributed by atoms with Crippen LogP contribution < -0.4 is 15.5 Å². The van der Waals surface area contributed by atoms with Gasteiger partial charge in [0.2, 0.25) is 0 Å². The fourth-order valence-corrected chi connectivity index (χ4v) is 5.45. The van der Waals surface area contributed by atoms with Crippen molar-refractivity contribution < 1.29 is 23.4 Å². The summed E-state index contributed by atoms with van der Waals surface area (Å²) in [5.74, 6) is -0.825. The van der Waals surface area contributed by atoms with E-state index in [-0.39, 0.29) is 18.5 Å². The number of hydrogen-bond donors (Lipinski definition) is 3. The van der Waals surface area contributed by atoms with Crippen LogP contribution in [-0.2, 0) is 16.7 Å². The van der Waals surface area contributed by atoms with Crippen molar-refractivity contribution in [3.63, 3.8) is 0 Å². The van der Waals surface area contributed by atoms with Crippen LogP contribution in [0.1, 0.15) is 58.1 Å². The van der Waals surface area contributed by atoms with Crippen molar-refractivity contribution in [3.05, 3.63) is 77.9 Å². The van der Waals surface area contributed by atoms with Gasteiger partial charge < -0.3 is 25.4 Å². The van der Waals surface area contributed by atoms with Crippen molar-refractivity contribution in [2.45, 2.75) is 82.7 Å². The molecule has 0 bridgehead atoms. The van der Waals surface area contributed by atoms with Crippen molar-refractivity contribution in [1.29, 1.82) is 0 Å². The van der Waals surface area contributed by atoms with E-state index >= 15 is 0 Å². The first-order valence-corrected chi connectivity index (χ1v) is 13.7. The van der Waals surface area contributed by atoms with Crippen molar-refractivity contribution in [3.8, 4) is 0 Å². The van der Waals surface area contributed by atoms with Gasteiger partial charge in [-0.15, -0.1) is 6.58 Å². The lowest BCUT2D eigenvalue weighted by atomic mass is 9.99. The van der Waals surface area contributed by atoms with Gasteiger partial charge >= 0.3 is 6.09 Å². The van der Waals surface area contributed by atoms with Gasteiger partial charge in [0.25, 0.3) is 0 Å². The molecule has 0 spiro atoms. The molecule has 4 atom stereocenters. The molecule has 0 radical (unpaired) electrons. The van der Waals surface area contributed by atoms with Crippen molar-refractivity contribution in [2.75, 3.05) is 18.0 Å². The quantitative estimate of drug-likeness (QED) is 0.349. The first-order chi connectivity index (χ1) is 18.4. The number of halogens is 2. The summed E-state index contributed by atoms with van der Waals surface area (Å²) in [6.45, 7) is 12.7. The predicted molar refractivity (Wildman–Crippen MR) is 150 cm³/mol. The third kappa shape index (κ3) is 7.57. The van der Waals surface area contributed by atoms with Gasteiger partial charge in [0, 0.05) is 36.4 Å². The van der Waals surface area contributed by atoms with Crippen molar-refractivity contribution in [2.24, 2.45) is 5.92 Å². The smallest absolute Gasteiger partial charge is 0.407 e. The Labute approximate surface area is 230 Å². The maximum Gasteiger partial charge on any atom is 0.407 e. The number of benzene rings is 2. The van der Waals surface area contributed by atoms with Crippen LogP contribution in [-0.4, -0.2) is 48.1 Å². The number of carbonyl (C=O) groups is 1. The molecule has 4 rings (SSSR count). The summed E-state index contributed by atoms with van der Waals surface area (Å²) in [4.78, 5) is 14.9. The molecule has 2 aromatic rings. The maximum atomic E-state index is 13.8. The van der Waals surface area contributed by atoms with Crippen LogP contribution in [0, 0.1) is 17.6 Å². The monoisotopic (exact) mass is 541 g/mol. The molecule has 8 heteroatoms. The van der Waals surface area contributed by atoms with Crippen LogP contribution in [0.2, 0.25) is 0 Å². The van der Waals surface area contributed by atoms with Crippen LogP contribution >= 0.6 is 0 Å². The Morgan fingerprint density at radius 1 is 1.23 bits per heavy atom. The van der Waals surface area contributed by atoms with Crippen LogP contribution in [0.4, 0.5) is 19.3 Å². The number of aliphatic hydroxyl groups is 1. The van der Waals surface area contributed by atoms with E-state index < -0.39 is 35.5 Å². The zero-order valence-electron chi connectivity index (χ0n) is 23.3. The molecule has 1 amide bonds. The number of rotatable bonds is 10. The topological polar surface area (TPSA) is 73.8 Å². The van der Waals surface area contributed by atoms with E-state index in [9.17, 15) is 18.7 Å². The highest BCUT2D eigenvalue weighted by atomic mass is 19.1. The molecular weight excluding hydrogens is 500 g/mol. The summed E-state index contributed by atoms with van der Waals surface area (Å²) in [5.41, 5.74) is 1.64. The number of ether oxygens (including phenoxy) is 1. The minimum absolute atomic E-state index is 0.0370. The zero-order chi connectivity index (χ0) is 28.4. The number of nitrogens with one attached hydrogen (secondary N) is 2. The summed E-state index contributed by atoms with van der Waals surface area (Å²) >= 11 is 0. The van der Waals surface area contributed by atoms with Crippen LogP contribution in [0.5, 0.6) is 0 Å². The Morgan fingerprint density at radius 2 is 1.92 bits per heavy atom. The van der Waals surface area contributed by atoms with E-state index in [0.29, 0.717) is 17.5 Å². The van der Waals surface area contributed by atoms with Crippen molar-refractivity contribution >= 4 is 11.8 Å². The van der Waals surface area contributed by atoms with Gasteiger partial charge in [-0.05, 0) is 87.8 Å². The summed E-state index contributed by atoms with van der Waals surface area (Å²) < 4.78 is 33.1. The lowest BCUT2D eigenvalue weighted by molar-refractivity contribution is 0.0419. The van der Waals surface area contributed by atoms with Gasteiger partial charge in [-0.3, -0.25) is 0 Å². The number of nitrogens with zero attached hydrogens (tertiary/aromatic N) is 1. The Balaban J connectivity index is 1.47. The molecule has 2 fully saturated rings. The highest BCUT2D eigenvalue weighted by Gasteiger charge is 2.45. The Hall–Kier alpha value is -2.97. The number of carbonyl (C=O) groups excluding carboxylic acids is 1. The third-order valence-corrected chi connectivity index (χ3v) is 7.50. The molecule has 2 aromatic carbocycles. The highest BCUT2D eigenvalue weighted by Crippen LogP contribution is 2.46. The number of alkyl carbamates (subject to hydrolysis) is 1. The number of amides is 1. The highest BCUT2D eigenvalue weighted by molar-refractivity contribution is 5.68. The second-order valence-corrected chi connectivity index (χ2v) is 12.1. The summed E-state index contributed by atoms with van der Waals surface area (Å²) in [7, 11) is 0. The molecule has 6 nitrogen and oxygen atoms in total. The minimum Gasteiger partial charge on any atom is -0.444 e. The number of aliphatic hydroxyl groups excluding tert-OH is 1. The lowest BCUT2D eigenvalue weighted by Gasteiger charge is -2.29. The first kappa shape index (κ1) is 29.0. The average Bonchev–Trinajstić information content (AvgIpc) is 3.54. The van der Waals surface area contributed by atoms with Gasteiger partial charge in [-0.1, -0.05) is 25.1 Å². The summed E-state index contributed by atoms with van der Waals surface area (Å²) in [6.07, 6.45) is 3.25. The first-order valence-electron chi connectivity index (χ1n) is 13.7. The Bertz CT molecular complexity index is 1160. The molecule has 1 heterocycles. The molecule has 1 saturated heterocycles. The van der Waals surface area contributed by atoms with Gasteiger partial charge in [-0.2, -0.15) is 0 Å². The largest absolute Gasteiger partial charge is 0.444 e. The molecule has 212 valence electrons. The van der Waals surface area contributed by atoms with E-state index in [1.165, 1.54) is 12.1 Å². The number of hydrogen-bond acceptors (Lipinski definition) is 5. The molecule has 4 unspecified atom stereocenters. The normalized spacial score (nSPS) is 21.8. The molecular formula is C31H41F2N3O3. The SMILES string of the molecule is C=CC1CC(C)CN1c1cccc(C2(NCC(O)C(Cc3cc(F)cc(F)c3)NC(=O)OC(C)(C)C)CC2)c1. The maximum absolute atomic E-state index is 13.8. The van der Waals surface area contributed by atoms with Gasteiger partial charge in [-0.25, -0.2) is 13.6 Å². The fourth-order valence-electron chi connectivity index (χ4n) is 5.45. The molecule has 1 aliphatic carbocycles. The zero-order valence-corrected chi connectivity index (χ0v) is 23.3. The van der Waals surface area contributed by atoms with E-state index in [2.05, 4.69) is 53.3 Å². The van der Waals surface area contributed by atoms with E-state index in [1.54, 1.807) is 20.8 Å². The summed E-state index contributed by atoms with van der Waals surface area (Å²) in [5, 5.41) is 17.4. The molecule has 39 heavy (non-hydrogen) atoms. The standard InChI is InChI=1S/C31H41F2N3O3/c1-6-25-12-20(2)19-36(25)26-9-7-8-22(16-26)31(10-11-31)34-18-28(37)27(35-29(38)39-30(3,4)5)15-21-13-23(32)17-24(33)14-21/h6-9,13-14,16-17,20,25,27-28,34,37H,1,10-12,15,18-19H2,2-5H3,(H,35,38). The van der Waals surface area contributed by atoms with E-state index in [4.69, 9.17) is 4.74 Å². The second-order valence-electron chi connectivity index (χ2n) is 12.1. The molecule has 2 aliphatic rings. The van der Waals surface area contributed by atoms with Crippen molar-refractivity contribution in [1.82, 2.24) is 10.6 Å². The fraction of sp³-hybridized carbons (Fsp3) is 0.516. The van der Waals surface area contributed by atoms with Crippen LogP contribution in [0.15, 0.2) is 55.1 Å². The second kappa shape index (κ2) is 11.6. The Morgan fingerprint density at radius 3 is 2.54 bits per heavy atom. The molecule has 3 N–H and O–H groups in total. The molecule has 1 aliphatic heterocycles. The van der Waals surface area contributed by atoms with Crippen LogP contribution in [0.3, 0.4) is 0 Å². The molecule has 1 saturated carbocycles. The van der Waals surface area contributed by atoms with Crippen LogP contribution in [0.25, 0.3) is 0 Å². The lowest BCUT2D eigenvalue weighted by Crippen LogP contribution is -2.51. The Kier molecular flexibility index (Phi) is 8.66. The van der Waals surface area contributed by atoms with E-state index in [0.717, 1.165) is 43.1 Å². The van der Waals surface area contributed by atoms with E-state index in [1.807, 2.05) is 6.08 Å². The van der Waals surface area contributed by atoms with Gasteiger partial charge in [0.05, 0.1) is 12.1 Å². The van der Waals surface area contributed by atoms with Gasteiger partial charge in [0.15, 0.2) is 0 Å². The predicted octanol–water partition coefficient (Wildman–Crippen LogP) is 5.44. The van der Waals surface area contributed by atoms with Gasteiger partial charge in [0.1, 0.15) is 17.2 Å². The minimum atomic E-state index is -1.03. The summed E-state index contributed by atoms with van der Waals surface area (Å²) in [6, 6.07) is 11.2. The molecule has 0 aromatic heterocycles. The third-order valence-electron chi connectivity index (χ3n) is 7.50.